The first-order valence-electron chi connectivity index (χ1n) is 4.39. The molecule has 0 amide bonds. The third-order valence-corrected chi connectivity index (χ3v) is 2.49. The Morgan fingerprint density at radius 3 is 2.29 bits per heavy atom. The Morgan fingerprint density at radius 2 is 1.86 bits per heavy atom. The average Bonchev–Trinajstić information content (AvgIpc) is 2.09. The molecule has 0 heterocycles. The fourth-order valence-corrected chi connectivity index (χ4v) is 1.17. The van der Waals surface area contributed by atoms with E-state index < -0.39 is 11.6 Å². The lowest BCUT2D eigenvalue weighted by Gasteiger charge is -2.19. The van der Waals surface area contributed by atoms with Gasteiger partial charge in [0.25, 0.3) is 0 Å². The van der Waals surface area contributed by atoms with Gasteiger partial charge in [0.1, 0.15) is 0 Å². The Balaban J connectivity index is 3.21. The Bertz CT molecular complexity index is 367. The Hall–Kier alpha value is -1.35. The molecule has 0 fully saturated rings. The number of hydrogen-bond donors (Lipinski definition) is 2. The molecule has 1 unspecified atom stereocenters. The maximum atomic E-state index is 10.8. The summed E-state index contributed by atoms with van der Waals surface area (Å²) in [6.45, 7) is 5.10. The van der Waals surface area contributed by atoms with Gasteiger partial charge < -0.3 is 10.2 Å². The standard InChI is InChI=1S/C11H14O3/c1-7-4-5-9(6-8(7)2)11(3,14)10(12)13/h4-6,14H,1-3H3,(H,12,13). The molecule has 14 heavy (non-hydrogen) atoms. The quantitative estimate of drug-likeness (QED) is 0.751. The summed E-state index contributed by atoms with van der Waals surface area (Å²) in [6, 6.07) is 5.14. The summed E-state index contributed by atoms with van der Waals surface area (Å²) in [5, 5.41) is 18.5. The minimum Gasteiger partial charge on any atom is -0.479 e. The van der Waals surface area contributed by atoms with Gasteiger partial charge in [0.2, 0.25) is 0 Å². The minimum absolute atomic E-state index is 0.410. The van der Waals surface area contributed by atoms with Crippen LogP contribution in [0.3, 0.4) is 0 Å². The van der Waals surface area contributed by atoms with Crippen LogP contribution in [0.2, 0.25) is 0 Å². The van der Waals surface area contributed by atoms with E-state index in [9.17, 15) is 9.90 Å². The monoisotopic (exact) mass is 194 g/mol. The van der Waals surface area contributed by atoms with E-state index in [0.717, 1.165) is 11.1 Å². The molecule has 0 saturated heterocycles. The van der Waals surface area contributed by atoms with E-state index in [1.807, 2.05) is 19.9 Å². The van der Waals surface area contributed by atoms with Gasteiger partial charge in [-0.25, -0.2) is 4.79 Å². The SMILES string of the molecule is Cc1ccc(C(C)(O)C(=O)O)cc1C. The molecule has 1 aromatic rings. The predicted octanol–water partition coefficient (Wildman–Crippen LogP) is 1.60. The van der Waals surface area contributed by atoms with Crippen molar-refractivity contribution >= 4 is 5.97 Å². The van der Waals surface area contributed by atoms with E-state index in [4.69, 9.17) is 5.11 Å². The molecule has 0 saturated carbocycles. The summed E-state index contributed by atoms with van der Waals surface area (Å²) >= 11 is 0. The number of carboxylic acid groups (broad SMARTS) is 1. The van der Waals surface area contributed by atoms with Gasteiger partial charge in [-0.3, -0.25) is 0 Å². The van der Waals surface area contributed by atoms with E-state index >= 15 is 0 Å². The molecule has 1 aromatic carbocycles. The average molecular weight is 194 g/mol. The molecule has 3 heteroatoms. The number of hydrogen-bond acceptors (Lipinski definition) is 2. The molecule has 0 bridgehead atoms. The first-order valence-corrected chi connectivity index (χ1v) is 4.39. The molecule has 1 atom stereocenters. The molecule has 0 aliphatic carbocycles. The molecule has 1 rings (SSSR count). The second kappa shape index (κ2) is 3.42. The van der Waals surface area contributed by atoms with Crippen molar-refractivity contribution in [2.75, 3.05) is 0 Å². The molecule has 3 nitrogen and oxygen atoms in total. The summed E-state index contributed by atoms with van der Waals surface area (Å²) in [6.07, 6.45) is 0. The molecule has 0 aromatic heterocycles. The second-order valence-corrected chi connectivity index (χ2v) is 3.68. The van der Waals surface area contributed by atoms with Crippen LogP contribution in [0.25, 0.3) is 0 Å². The molecule has 0 aliphatic rings. The van der Waals surface area contributed by atoms with E-state index in [2.05, 4.69) is 0 Å². The van der Waals surface area contributed by atoms with E-state index in [0.29, 0.717) is 5.56 Å². The zero-order valence-electron chi connectivity index (χ0n) is 8.53. The third-order valence-electron chi connectivity index (χ3n) is 2.49. The molecule has 0 spiro atoms. The Labute approximate surface area is 83.0 Å². The maximum absolute atomic E-state index is 10.8. The lowest BCUT2D eigenvalue weighted by molar-refractivity contribution is -0.157. The van der Waals surface area contributed by atoms with Gasteiger partial charge in [-0.15, -0.1) is 0 Å². The summed E-state index contributed by atoms with van der Waals surface area (Å²) in [4.78, 5) is 10.8. The zero-order valence-corrected chi connectivity index (χ0v) is 8.53. The summed E-state index contributed by atoms with van der Waals surface area (Å²) in [7, 11) is 0. The van der Waals surface area contributed by atoms with Gasteiger partial charge in [-0.05, 0) is 37.5 Å². The number of carbonyl (C=O) groups is 1. The number of aliphatic carboxylic acids is 1. The Morgan fingerprint density at radius 1 is 1.29 bits per heavy atom. The van der Waals surface area contributed by atoms with Gasteiger partial charge in [0.05, 0.1) is 0 Å². The Kier molecular flexibility index (Phi) is 2.62. The van der Waals surface area contributed by atoms with Crippen LogP contribution in [0.4, 0.5) is 0 Å². The highest BCUT2D eigenvalue weighted by Crippen LogP contribution is 2.22. The molecule has 76 valence electrons. The minimum atomic E-state index is -1.81. The topological polar surface area (TPSA) is 57.5 Å². The van der Waals surface area contributed by atoms with Gasteiger partial charge in [0, 0.05) is 0 Å². The second-order valence-electron chi connectivity index (χ2n) is 3.68. The van der Waals surface area contributed by atoms with Crippen molar-refractivity contribution in [1.29, 1.82) is 0 Å². The van der Waals surface area contributed by atoms with Crippen molar-refractivity contribution in [2.45, 2.75) is 26.4 Å². The van der Waals surface area contributed by atoms with Crippen LogP contribution >= 0.6 is 0 Å². The van der Waals surface area contributed by atoms with Crippen LogP contribution in [-0.4, -0.2) is 16.2 Å². The molecule has 2 N–H and O–H groups in total. The molecular formula is C11H14O3. The number of aliphatic hydroxyl groups is 1. The van der Waals surface area contributed by atoms with Crippen molar-refractivity contribution in [3.05, 3.63) is 34.9 Å². The van der Waals surface area contributed by atoms with Gasteiger partial charge in [0.15, 0.2) is 5.60 Å². The van der Waals surface area contributed by atoms with Gasteiger partial charge >= 0.3 is 5.97 Å². The molecular weight excluding hydrogens is 180 g/mol. The first-order chi connectivity index (χ1) is 6.35. The lowest BCUT2D eigenvalue weighted by Crippen LogP contribution is -2.31. The van der Waals surface area contributed by atoms with Crippen molar-refractivity contribution in [2.24, 2.45) is 0 Å². The summed E-state index contributed by atoms with van der Waals surface area (Å²) in [5.74, 6) is -1.24. The zero-order chi connectivity index (χ0) is 10.9. The number of rotatable bonds is 2. The summed E-state index contributed by atoms with van der Waals surface area (Å²) < 4.78 is 0. The third kappa shape index (κ3) is 1.77. The molecule has 0 aliphatic heterocycles. The number of carboxylic acids is 1. The normalized spacial score (nSPS) is 14.9. The predicted molar refractivity (Wildman–Crippen MR) is 53.1 cm³/mol. The van der Waals surface area contributed by atoms with Crippen LogP contribution in [0, 0.1) is 13.8 Å². The van der Waals surface area contributed by atoms with Crippen LogP contribution in [-0.2, 0) is 10.4 Å². The van der Waals surface area contributed by atoms with E-state index in [-0.39, 0.29) is 0 Å². The smallest absolute Gasteiger partial charge is 0.340 e. The summed E-state index contributed by atoms with van der Waals surface area (Å²) in [5.41, 5.74) is 0.658. The van der Waals surface area contributed by atoms with Crippen molar-refractivity contribution in [3.63, 3.8) is 0 Å². The number of benzene rings is 1. The first kappa shape index (κ1) is 10.7. The highest BCUT2D eigenvalue weighted by molar-refractivity contribution is 5.78. The van der Waals surface area contributed by atoms with E-state index in [1.165, 1.54) is 6.92 Å². The van der Waals surface area contributed by atoms with Gasteiger partial charge in [-0.1, -0.05) is 18.2 Å². The highest BCUT2D eigenvalue weighted by Gasteiger charge is 2.32. The van der Waals surface area contributed by atoms with Crippen LogP contribution in [0.5, 0.6) is 0 Å². The van der Waals surface area contributed by atoms with Gasteiger partial charge in [-0.2, -0.15) is 0 Å². The van der Waals surface area contributed by atoms with E-state index in [1.54, 1.807) is 12.1 Å². The molecule has 0 radical (unpaired) electrons. The van der Waals surface area contributed by atoms with Crippen molar-refractivity contribution in [1.82, 2.24) is 0 Å². The lowest BCUT2D eigenvalue weighted by atomic mass is 9.93. The largest absolute Gasteiger partial charge is 0.479 e. The highest BCUT2D eigenvalue weighted by atomic mass is 16.4. The van der Waals surface area contributed by atoms with Crippen LogP contribution < -0.4 is 0 Å². The van der Waals surface area contributed by atoms with Crippen LogP contribution in [0.15, 0.2) is 18.2 Å². The maximum Gasteiger partial charge on any atom is 0.340 e. The number of aryl methyl sites for hydroxylation is 2. The van der Waals surface area contributed by atoms with Crippen LogP contribution in [0.1, 0.15) is 23.6 Å². The fourth-order valence-electron chi connectivity index (χ4n) is 1.17. The van der Waals surface area contributed by atoms with Crippen molar-refractivity contribution in [3.8, 4) is 0 Å². The van der Waals surface area contributed by atoms with Crippen molar-refractivity contribution < 1.29 is 15.0 Å². The fraction of sp³-hybridized carbons (Fsp3) is 0.364.